The van der Waals surface area contributed by atoms with Crippen LogP contribution in [0.5, 0.6) is 0 Å². The topological polar surface area (TPSA) is 69.6 Å². The number of carboxylic acid groups (broad SMARTS) is 1. The maximum absolute atomic E-state index is 12.5. The highest BCUT2D eigenvalue weighted by Crippen LogP contribution is 2.29. The summed E-state index contributed by atoms with van der Waals surface area (Å²) in [7, 11) is 0. The lowest BCUT2D eigenvalue weighted by Crippen LogP contribution is -2.34. The Morgan fingerprint density at radius 3 is 2.30 bits per heavy atom. The van der Waals surface area contributed by atoms with E-state index >= 15 is 0 Å². The molecule has 1 saturated heterocycles. The van der Waals surface area contributed by atoms with Gasteiger partial charge in [0.05, 0.1) is 17.7 Å². The molecule has 3 aromatic carbocycles. The van der Waals surface area contributed by atoms with Crippen LogP contribution in [0.2, 0.25) is 0 Å². The standard InChI is InChI=1S/C28H30N2O3/c1-20-7-9-22(10-8-20)18-27(31)29-26-12-11-24(19-25(26)28(32)33)30-15-13-23(14-16-30)17-21-5-3-2-4-6-21/h2-12,19,23H,13-18H2,1H3,(H,29,31)(H,32,33). The third kappa shape index (κ3) is 6.01. The number of aromatic carboxylic acids is 1. The Kier molecular flexibility index (Phi) is 7.08. The zero-order valence-corrected chi connectivity index (χ0v) is 19.0. The van der Waals surface area contributed by atoms with E-state index in [1.54, 1.807) is 12.1 Å². The number of carbonyl (C=O) groups excluding carboxylic acids is 1. The van der Waals surface area contributed by atoms with Gasteiger partial charge in [0.1, 0.15) is 0 Å². The predicted molar refractivity (Wildman–Crippen MR) is 132 cm³/mol. The number of rotatable bonds is 7. The van der Waals surface area contributed by atoms with Crippen LogP contribution < -0.4 is 10.2 Å². The zero-order chi connectivity index (χ0) is 23.2. The van der Waals surface area contributed by atoms with Crippen LogP contribution in [-0.2, 0) is 17.6 Å². The molecule has 1 heterocycles. The predicted octanol–water partition coefficient (Wildman–Crippen LogP) is 5.33. The van der Waals surface area contributed by atoms with Crippen LogP contribution in [-0.4, -0.2) is 30.1 Å². The first-order valence-corrected chi connectivity index (χ1v) is 11.5. The number of hydrogen-bond acceptors (Lipinski definition) is 3. The quantitative estimate of drug-likeness (QED) is 0.519. The SMILES string of the molecule is Cc1ccc(CC(=O)Nc2ccc(N3CCC(Cc4ccccc4)CC3)cc2C(=O)O)cc1. The van der Waals surface area contributed by atoms with E-state index in [1.165, 1.54) is 5.56 Å². The molecular weight excluding hydrogens is 412 g/mol. The summed E-state index contributed by atoms with van der Waals surface area (Å²) < 4.78 is 0. The van der Waals surface area contributed by atoms with Gasteiger partial charge >= 0.3 is 5.97 Å². The number of nitrogens with one attached hydrogen (secondary N) is 1. The summed E-state index contributed by atoms with van der Waals surface area (Å²) in [6.07, 6.45) is 3.44. The lowest BCUT2D eigenvalue weighted by molar-refractivity contribution is -0.115. The summed E-state index contributed by atoms with van der Waals surface area (Å²) in [6, 6.07) is 23.6. The molecule has 1 aliphatic heterocycles. The minimum Gasteiger partial charge on any atom is -0.478 e. The highest BCUT2D eigenvalue weighted by Gasteiger charge is 2.22. The van der Waals surface area contributed by atoms with E-state index in [2.05, 4.69) is 34.5 Å². The maximum atomic E-state index is 12.5. The van der Waals surface area contributed by atoms with Gasteiger partial charge in [-0.05, 0) is 61.4 Å². The Hall–Kier alpha value is -3.60. The van der Waals surface area contributed by atoms with Gasteiger partial charge in [-0.15, -0.1) is 0 Å². The summed E-state index contributed by atoms with van der Waals surface area (Å²) in [5.74, 6) is -0.625. The van der Waals surface area contributed by atoms with Crippen molar-refractivity contribution in [2.75, 3.05) is 23.3 Å². The second kappa shape index (κ2) is 10.3. The van der Waals surface area contributed by atoms with Crippen molar-refractivity contribution in [1.29, 1.82) is 0 Å². The number of piperidine rings is 1. The molecule has 4 rings (SSSR count). The molecule has 1 fully saturated rings. The van der Waals surface area contributed by atoms with Crippen LogP contribution in [0.3, 0.4) is 0 Å². The Bertz CT molecular complexity index is 1100. The first-order valence-electron chi connectivity index (χ1n) is 11.5. The molecule has 0 saturated carbocycles. The first kappa shape index (κ1) is 22.6. The fourth-order valence-corrected chi connectivity index (χ4v) is 4.44. The van der Waals surface area contributed by atoms with Crippen LogP contribution in [0, 0.1) is 12.8 Å². The summed E-state index contributed by atoms with van der Waals surface area (Å²) in [4.78, 5) is 26.7. The Labute approximate surface area is 195 Å². The van der Waals surface area contributed by atoms with E-state index in [0.29, 0.717) is 11.6 Å². The third-order valence-electron chi connectivity index (χ3n) is 6.34. The van der Waals surface area contributed by atoms with E-state index in [0.717, 1.165) is 49.2 Å². The highest BCUT2D eigenvalue weighted by atomic mass is 16.4. The highest BCUT2D eigenvalue weighted by molar-refractivity contribution is 6.01. The molecule has 0 radical (unpaired) electrons. The minimum absolute atomic E-state index is 0.121. The summed E-state index contributed by atoms with van der Waals surface area (Å²) in [6.45, 7) is 3.79. The molecule has 170 valence electrons. The number of anilines is 2. The average molecular weight is 443 g/mol. The van der Waals surface area contributed by atoms with Crippen LogP contribution in [0.4, 0.5) is 11.4 Å². The molecule has 0 aromatic heterocycles. The Balaban J connectivity index is 1.39. The molecule has 0 atom stereocenters. The monoisotopic (exact) mass is 442 g/mol. The molecule has 0 bridgehead atoms. The van der Waals surface area contributed by atoms with E-state index in [1.807, 2.05) is 43.3 Å². The molecule has 5 nitrogen and oxygen atoms in total. The van der Waals surface area contributed by atoms with Gasteiger partial charge in [0, 0.05) is 18.8 Å². The van der Waals surface area contributed by atoms with Crippen molar-refractivity contribution in [3.8, 4) is 0 Å². The number of amides is 1. The van der Waals surface area contributed by atoms with Gasteiger partial charge in [0.25, 0.3) is 0 Å². The molecule has 1 aliphatic rings. The van der Waals surface area contributed by atoms with Crippen LogP contribution in [0.1, 0.15) is 39.9 Å². The van der Waals surface area contributed by atoms with Gasteiger partial charge in [-0.3, -0.25) is 4.79 Å². The van der Waals surface area contributed by atoms with E-state index in [4.69, 9.17) is 0 Å². The third-order valence-corrected chi connectivity index (χ3v) is 6.34. The summed E-state index contributed by atoms with van der Waals surface area (Å²) >= 11 is 0. The number of hydrogen-bond donors (Lipinski definition) is 2. The molecule has 3 aromatic rings. The molecule has 2 N–H and O–H groups in total. The largest absolute Gasteiger partial charge is 0.478 e. The van der Waals surface area contributed by atoms with Crippen LogP contribution >= 0.6 is 0 Å². The Morgan fingerprint density at radius 1 is 0.939 bits per heavy atom. The van der Waals surface area contributed by atoms with Crippen molar-refractivity contribution >= 4 is 23.3 Å². The Morgan fingerprint density at radius 2 is 1.64 bits per heavy atom. The molecule has 5 heteroatoms. The summed E-state index contributed by atoms with van der Waals surface area (Å²) in [5, 5.41) is 12.5. The second-order valence-electron chi connectivity index (χ2n) is 8.87. The fourth-order valence-electron chi connectivity index (χ4n) is 4.44. The van der Waals surface area contributed by atoms with Crippen molar-refractivity contribution in [2.24, 2.45) is 5.92 Å². The number of nitrogens with zero attached hydrogens (tertiary/aromatic N) is 1. The lowest BCUT2D eigenvalue weighted by atomic mass is 9.90. The van der Waals surface area contributed by atoms with Crippen molar-refractivity contribution in [1.82, 2.24) is 0 Å². The molecule has 0 aliphatic carbocycles. The maximum Gasteiger partial charge on any atom is 0.337 e. The molecule has 0 unspecified atom stereocenters. The normalized spacial score (nSPS) is 14.2. The van der Waals surface area contributed by atoms with Gasteiger partial charge in [-0.1, -0.05) is 60.2 Å². The van der Waals surface area contributed by atoms with Gasteiger partial charge in [0.15, 0.2) is 0 Å². The smallest absolute Gasteiger partial charge is 0.337 e. The van der Waals surface area contributed by atoms with E-state index in [-0.39, 0.29) is 17.9 Å². The van der Waals surface area contributed by atoms with E-state index in [9.17, 15) is 14.7 Å². The fraction of sp³-hybridized carbons (Fsp3) is 0.286. The van der Waals surface area contributed by atoms with Crippen molar-refractivity contribution in [3.63, 3.8) is 0 Å². The first-order chi connectivity index (χ1) is 16.0. The number of carbonyl (C=O) groups is 2. The summed E-state index contributed by atoms with van der Waals surface area (Å²) in [5.41, 5.74) is 4.74. The van der Waals surface area contributed by atoms with Gasteiger partial charge in [0.2, 0.25) is 5.91 Å². The van der Waals surface area contributed by atoms with Crippen molar-refractivity contribution in [2.45, 2.75) is 32.6 Å². The van der Waals surface area contributed by atoms with Crippen molar-refractivity contribution < 1.29 is 14.7 Å². The second-order valence-corrected chi connectivity index (χ2v) is 8.87. The molecule has 0 spiro atoms. The average Bonchev–Trinajstić information content (AvgIpc) is 2.82. The molecule has 1 amide bonds. The zero-order valence-electron chi connectivity index (χ0n) is 19.0. The van der Waals surface area contributed by atoms with Gasteiger partial charge < -0.3 is 15.3 Å². The van der Waals surface area contributed by atoms with Gasteiger partial charge in [-0.2, -0.15) is 0 Å². The van der Waals surface area contributed by atoms with Crippen molar-refractivity contribution in [3.05, 3.63) is 95.1 Å². The van der Waals surface area contributed by atoms with E-state index < -0.39 is 5.97 Å². The van der Waals surface area contributed by atoms with Gasteiger partial charge in [-0.25, -0.2) is 4.79 Å². The number of aryl methyl sites for hydroxylation is 1. The molecule has 33 heavy (non-hydrogen) atoms. The van der Waals surface area contributed by atoms with Crippen LogP contribution in [0.15, 0.2) is 72.8 Å². The minimum atomic E-state index is -1.04. The lowest BCUT2D eigenvalue weighted by Gasteiger charge is -2.34. The van der Waals surface area contributed by atoms with Crippen LogP contribution in [0.25, 0.3) is 0 Å². The molecular formula is C28H30N2O3. The number of benzene rings is 3. The number of carboxylic acids is 1.